The molecule has 0 aromatic heterocycles. The number of hydrazine groups is 1. The van der Waals surface area contributed by atoms with Crippen molar-refractivity contribution in [2.75, 3.05) is 39.3 Å². The molecule has 0 fully saturated rings. The van der Waals surface area contributed by atoms with Crippen LogP contribution in [-0.2, 0) is 0 Å². The van der Waals surface area contributed by atoms with Crippen LogP contribution in [0.1, 0.15) is 41.5 Å². The number of carbonyl (C=O) groups excluding carboxylic acids is 2. The largest absolute Gasteiger partial charge is 0.529 e. The highest BCUT2D eigenvalue weighted by atomic mass is 16.4. The maximum Gasteiger partial charge on any atom is 0.153 e. The number of amides is 2. The molecule has 0 aromatic rings. The Labute approximate surface area is 134 Å². The maximum atomic E-state index is 9.33. The first-order valence-electron chi connectivity index (χ1n) is 7.93. The first-order valence-corrected chi connectivity index (χ1v) is 7.93. The summed E-state index contributed by atoms with van der Waals surface area (Å²) in [6, 6.07) is 0. The Bertz CT molecular complexity index is 220. The van der Waals surface area contributed by atoms with Crippen molar-refractivity contribution in [2.45, 2.75) is 41.5 Å². The van der Waals surface area contributed by atoms with Gasteiger partial charge >= 0.3 is 0 Å². The van der Waals surface area contributed by atoms with E-state index >= 15 is 0 Å². The normalized spacial score (nSPS) is 9.27. The molecule has 0 saturated heterocycles. The van der Waals surface area contributed by atoms with E-state index in [2.05, 4.69) is 41.5 Å². The van der Waals surface area contributed by atoms with Gasteiger partial charge in [0.1, 0.15) is 0 Å². The molecule has 134 valence electrons. The number of hydrogen-bond acceptors (Lipinski definition) is 4. The molecule has 4 N–H and O–H groups in total. The molecule has 2 amide bonds. The molecule has 0 spiro atoms. The van der Waals surface area contributed by atoms with Gasteiger partial charge in [0, 0.05) is 0 Å². The van der Waals surface area contributed by atoms with Gasteiger partial charge in [-0.25, -0.2) is 0 Å². The fourth-order valence-corrected chi connectivity index (χ4v) is 1.60. The molecule has 0 unspecified atom stereocenters. The Hall–Kier alpha value is -1.54. The lowest BCUT2D eigenvalue weighted by molar-refractivity contribution is -0.894. The third-order valence-corrected chi connectivity index (χ3v) is 3.27. The van der Waals surface area contributed by atoms with Crippen LogP contribution < -0.4 is 30.9 Å². The van der Waals surface area contributed by atoms with E-state index in [1.165, 1.54) is 50.1 Å². The molecule has 0 rings (SSSR count). The van der Waals surface area contributed by atoms with Crippen LogP contribution in [0, 0.1) is 0 Å². The molecule has 0 atom stereocenters. The quantitative estimate of drug-likeness (QED) is 0.382. The number of rotatable bonds is 6. The predicted octanol–water partition coefficient (Wildman–Crippen LogP) is -3.37. The fourth-order valence-electron chi connectivity index (χ4n) is 1.60. The van der Waals surface area contributed by atoms with Gasteiger partial charge < -0.3 is 29.6 Å². The first-order chi connectivity index (χ1) is 10.3. The van der Waals surface area contributed by atoms with Crippen molar-refractivity contribution in [1.82, 2.24) is 10.9 Å². The van der Waals surface area contributed by atoms with Crippen molar-refractivity contribution in [3.05, 3.63) is 0 Å². The molecule has 8 nitrogen and oxygen atoms in total. The monoisotopic (exact) mass is 322 g/mol. The van der Waals surface area contributed by atoms with E-state index in [4.69, 9.17) is 0 Å². The number of carbonyl (C=O) groups is 2. The standard InChI is InChI=1S/2C6H15N.C2H4N2O4/c2*1-4-7(5-2)6-3;5-1(6)3-4-2(7)8/h2*4-6H2,1-3H3;3-4H,(H,5,6)(H,7,8). The molecular weight excluding hydrogens is 288 g/mol. The highest BCUT2D eigenvalue weighted by Gasteiger charge is 1.93. The number of carboxylic acid groups (broad SMARTS) is 2. The van der Waals surface area contributed by atoms with E-state index in [0.29, 0.717) is 0 Å². The second-order valence-corrected chi connectivity index (χ2v) is 4.45. The van der Waals surface area contributed by atoms with Crippen LogP contribution in [0.25, 0.3) is 0 Å². The average Bonchev–Trinajstić information content (AvgIpc) is 2.50. The van der Waals surface area contributed by atoms with Crippen molar-refractivity contribution >= 4 is 12.2 Å². The minimum atomic E-state index is -1.73. The highest BCUT2D eigenvalue weighted by Crippen LogP contribution is 1.47. The Morgan fingerprint density at radius 3 is 0.864 bits per heavy atom. The molecule has 0 aromatic carbocycles. The topological polar surface area (TPSA) is 113 Å². The van der Waals surface area contributed by atoms with Crippen LogP contribution >= 0.6 is 0 Å². The first kappa shape index (κ1) is 25.4. The minimum Gasteiger partial charge on any atom is -0.529 e. The lowest BCUT2D eigenvalue weighted by Crippen LogP contribution is -3.11. The predicted molar refractivity (Wildman–Crippen MR) is 82.2 cm³/mol. The summed E-state index contributed by atoms with van der Waals surface area (Å²) in [4.78, 5) is 22.0. The number of hydrogen-bond donors (Lipinski definition) is 4. The van der Waals surface area contributed by atoms with Gasteiger partial charge in [0.05, 0.1) is 39.3 Å². The summed E-state index contributed by atoms with van der Waals surface area (Å²) in [5.74, 6) is 0. The molecule has 0 radical (unpaired) electrons. The highest BCUT2D eigenvalue weighted by molar-refractivity contribution is 5.68. The van der Waals surface area contributed by atoms with Gasteiger partial charge in [0.15, 0.2) is 12.2 Å². The van der Waals surface area contributed by atoms with Crippen molar-refractivity contribution in [2.24, 2.45) is 0 Å². The van der Waals surface area contributed by atoms with Gasteiger partial charge in [-0.15, -0.1) is 0 Å². The van der Waals surface area contributed by atoms with Crippen LogP contribution in [0.2, 0.25) is 0 Å². The third-order valence-electron chi connectivity index (χ3n) is 3.27. The zero-order chi connectivity index (χ0) is 18.0. The Morgan fingerprint density at radius 1 is 0.636 bits per heavy atom. The number of nitrogens with one attached hydrogen (secondary N) is 4. The van der Waals surface area contributed by atoms with Crippen LogP contribution in [0.4, 0.5) is 9.59 Å². The molecule has 8 heteroatoms. The summed E-state index contributed by atoms with van der Waals surface area (Å²) in [5.41, 5.74) is 2.48. The van der Waals surface area contributed by atoms with Gasteiger partial charge in [-0.2, -0.15) is 0 Å². The summed E-state index contributed by atoms with van der Waals surface area (Å²) >= 11 is 0. The van der Waals surface area contributed by atoms with Gasteiger partial charge in [-0.3, -0.25) is 10.9 Å². The summed E-state index contributed by atoms with van der Waals surface area (Å²) in [7, 11) is 0. The van der Waals surface area contributed by atoms with E-state index < -0.39 is 12.2 Å². The average molecular weight is 322 g/mol. The Morgan fingerprint density at radius 2 is 0.818 bits per heavy atom. The van der Waals surface area contributed by atoms with Crippen molar-refractivity contribution < 1.29 is 29.6 Å². The summed E-state index contributed by atoms with van der Waals surface area (Å²) in [6.07, 6.45) is -3.46. The second kappa shape index (κ2) is 19.5. The van der Waals surface area contributed by atoms with E-state index in [0.717, 1.165) is 0 Å². The lowest BCUT2D eigenvalue weighted by Gasteiger charge is -2.10. The molecule has 22 heavy (non-hydrogen) atoms. The van der Waals surface area contributed by atoms with Gasteiger partial charge in [-0.1, -0.05) is 0 Å². The summed E-state index contributed by atoms with van der Waals surface area (Å²) < 4.78 is 0. The third kappa shape index (κ3) is 23.5. The van der Waals surface area contributed by atoms with E-state index in [-0.39, 0.29) is 0 Å². The molecule has 0 aliphatic heterocycles. The van der Waals surface area contributed by atoms with Crippen LogP contribution in [-0.4, -0.2) is 51.5 Å². The Balaban J connectivity index is -0.000000247. The zero-order valence-electron chi connectivity index (χ0n) is 14.9. The van der Waals surface area contributed by atoms with E-state index in [1.54, 1.807) is 9.80 Å². The fraction of sp³-hybridized carbons (Fsp3) is 0.857. The van der Waals surface area contributed by atoms with Gasteiger partial charge in [0.2, 0.25) is 0 Å². The molecular formula is C14H34N4O4. The molecule has 0 aliphatic rings. The summed E-state index contributed by atoms with van der Waals surface area (Å²) in [5, 5.41) is 18.7. The van der Waals surface area contributed by atoms with Crippen LogP contribution in [0.5, 0.6) is 0 Å². The van der Waals surface area contributed by atoms with Crippen LogP contribution in [0.15, 0.2) is 0 Å². The molecule has 0 aliphatic carbocycles. The van der Waals surface area contributed by atoms with E-state index in [9.17, 15) is 19.8 Å². The summed E-state index contributed by atoms with van der Waals surface area (Å²) in [6.45, 7) is 21.0. The zero-order valence-corrected chi connectivity index (χ0v) is 14.9. The smallest absolute Gasteiger partial charge is 0.153 e. The molecule has 0 saturated carbocycles. The molecule has 0 bridgehead atoms. The van der Waals surface area contributed by atoms with Crippen molar-refractivity contribution in [3.63, 3.8) is 0 Å². The lowest BCUT2D eigenvalue weighted by atomic mass is 10.5. The maximum absolute atomic E-state index is 9.33. The molecule has 0 heterocycles. The van der Waals surface area contributed by atoms with Gasteiger partial charge in [0.25, 0.3) is 0 Å². The van der Waals surface area contributed by atoms with Crippen LogP contribution in [0.3, 0.4) is 0 Å². The van der Waals surface area contributed by atoms with Crippen molar-refractivity contribution in [1.29, 1.82) is 0 Å². The second-order valence-electron chi connectivity index (χ2n) is 4.45. The van der Waals surface area contributed by atoms with Gasteiger partial charge in [-0.05, 0) is 41.5 Å². The minimum absolute atomic E-state index is 1.24. The SMILES string of the molecule is CC[NH+](CC)CC.CC[NH+](CC)CC.O=C([O-])NNC(=O)[O-]. The Kier molecular flexibility index (Phi) is 22.5. The number of quaternary nitrogens is 2. The van der Waals surface area contributed by atoms with E-state index in [1.807, 2.05) is 0 Å². The van der Waals surface area contributed by atoms with Crippen molar-refractivity contribution in [3.8, 4) is 0 Å².